The fourth-order valence-corrected chi connectivity index (χ4v) is 5.25. The number of benzene rings is 2. The van der Waals surface area contributed by atoms with Crippen LogP contribution in [0.3, 0.4) is 0 Å². The standard InChI is InChI=1S/C21H25ClN4O4S/c1-2-23-21(28)24-20(27)19(16-7-4-3-5-8-16)25-11-13-26(14-12-25)31(29,30)18-10-6-9-17(22)15-18/h3-10,15,19H,2,11-14H2,1H3,(H2,23,24,27,28). The first-order valence-electron chi connectivity index (χ1n) is 9.96. The second-order valence-electron chi connectivity index (χ2n) is 7.06. The quantitative estimate of drug-likeness (QED) is 0.683. The average Bonchev–Trinajstić information content (AvgIpc) is 2.75. The van der Waals surface area contributed by atoms with E-state index in [9.17, 15) is 18.0 Å². The fraction of sp³-hybridized carbons (Fsp3) is 0.333. The van der Waals surface area contributed by atoms with Crippen molar-refractivity contribution in [2.45, 2.75) is 17.9 Å². The molecule has 0 aromatic heterocycles. The van der Waals surface area contributed by atoms with Gasteiger partial charge in [0, 0.05) is 37.7 Å². The fourth-order valence-electron chi connectivity index (χ4n) is 3.53. The van der Waals surface area contributed by atoms with E-state index in [4.69, 9.17) is 11.6 Å². The van der Waals surface area contributed by atoms with Crippen molar-refractivity contribution in [3.63, 3.8) is 0 Å². The number of carbonyl (C=O) groups excluding carboxylic acids is 2. The molecule has 1 aliphatic heterocycles. The summed E-state index contributed by atoms with van der Waals surface area (Å²) in [5.74, 6) is -0.455. The van der Waals surface area contributed by atoms with Crippen LogP contribution in [0, 0.1) is 0 Å². The molecule has 2 aromatic rings. The van der Waals surface area contributed by atoms with Gasteiger partial charge in [-0.2, -0.15) is 4.31 Å². The molecule has 1 heterocycles. The van der Waals surface area contributed by atoms with Crippen molar-refractivity contribution >= 4 is 33.6 Å². The number of nitrogens with one attached hydrogen (secondary N) is 2. The third-order valence-corrected chi connectivity index (χ3v) is 7.14. The normalized spacial score (nSPS) is 16.5. The number of amides is 3. The molecule has 3 rings (SSSR count). The molecule has 0 radical (unpaired) electrons. The van der Waals surface area contributed by atoms with Gasteiger partial charge in [0.15, 0.2) is 0 Å². The summed E-state index contributed by atoms with van der Waals surface area (Å²) in [4.78, 5) is 26.8. The van der Waals surface area contributed by atoms with Gasteiger partial charge in [-0.15, -0.1) is 0 Å². The molecule has 2 aromatic carbocycles. The van der Waals surface area contributed by atoms with E-state index >= 15 is 0 Å². The lowest BCUT2D eigenvalue weighted by Crippen LogP contribution is -2.53. The first-order valence-corrected chi connectivity index (χ1v) is 11.8. The van der Waals surface area contributed by atoms with E-state index < -0.39 is 28.0 Å². The van der Waals surface area contributed by atoms with Gasteiger partial charge in [0.05, 0.1) is 4.90 Å². The maximum atomic E-state index is 13.0. The summed E-state index contributed by atoms with van der Waals surface area (Å²) in [6.07, 6.45) is 0. The van der Waals surface area contributed by atoms with E-state index in [0.29, 0.717) is 24.7 Å². The predicted octanol–water partition coefficient (Wildman–Crippen LogP) is 2.23. The number of hydrogen-bond acceptors (Lipinski definition) is 5. The molecule has 10 heteroatoms. The van der Waals surface area contributed by atoms with Crippen LogP contribution >= 0.6 is 11.6 Å². The van der Waals surface area contributed by atoms with E-state index in [0.717, 1.165) is 5.56 Å². The van der Waals surface area contributed by atoms with Crippen molar-refractivity contribution < 1.29 is 18.0 Å². The zero-order valence-electron chi connectivity index (χ0n) is 17.1. The number of urea groups is 1. The highest BCUT2D eigenvalue weighted by Crippen LogP contribution is 2.26. The van der Waals surface area contributed by atoms with E-state index in [2.05, 4.69) is 10.6 Å². The van der Waals surface area contributed by atoms with Crippen molar-refractivity contribution in [3.05, 3.63) is 65.2 Å². The van der Waals surface area contributed by atoms with Crippen LogP contribution < -0.4 is 10.6 Å². The Balaban J connectivity index is 1.76. The van der Waals surface area contributed by atoms with Crippen LogP contribution in [0.5, 0.6) is 0 Å². The number of imide groups is 1. The Bertz CT molecular complexity index is 1020. The molecule has 1 saturated heterocycles. The number of rotatable bonds is 6. The monoisotopic (exact) mass is 464 g/mol. The Morgan fingerprint density at radius 3 is 2.32 bits per heavy atom. The summed E-state index contributed by atoms with van der Waals surface area (Å²) in [5, 5.41) is 5.27. The molecule has 8 nitrogen and oxygen atoms in total. The third-order valence-electron chi connectivity index (χ3n) is 5.01. The van der Waals surface area contributed by atoms with E-state index in [1.54, 1.807) is 19.1 Å². The second kappa shape index (κ2) is 10.2. The lowest BCUT2D eigenvalue weighted by molar-refractivity contribution is -0.126. The minimum Gasteiger partial charge on any atom is -0.338 e. The first kappa shape index (κ1) is 23.2. The molecule has 0 spiro atoms. The highest BCUT2D eigenvalue weighted by molar-refractivity contribution is 7.89. The number of sulfonamides is 1. The van der Waals surface area contributed by atoms with Crippen LogP contribution in [0.15, 0.2) is 59.5 Å². The van der Waals surface area contributed by atoms with Gasteiger partial charge in [-0.05, 0) is 30.7 Å². The second-order valence-corrected chi connectivity index (χ2v) is 9.43. The van der Waals surface area contributed by atoms with Crippen molar-refractivity contribution in [1.82, 2.24) is 19.8 Å². The Morgan fingerprint density at radius 2 is 1.71 bits per heavy atom. The lowest BCUT2D eigenvalue weighted by atomic mass is 10.0. The van der Waals surface area contributed by atoms with Crippen LogP contribution in [0.25, 0.3) is 0 Å². The van der Waals surface area contributed by atoms with Crippen LogP contribution in [0.2, 0.25) is 5.02 Å². The first-order chi connectivity index (χ1) is 14.8. The van der Waals surface area contributed by atoms with Gasteiger partial charge in [-0.25, -0.2) is 13.2 Å². The predicted molar refractivity (Wildman–Crippen MR) is 118 cm³/mol. The summed E-state index contributed by atoms with van der Waals surface area (Å²) >= 11 is 5.95. The topological polar surface area (TPSA) is 98.8 Å². The number of piperazine rings is 1. The summed E-state index contributed by atoms with van der Waals surface area (Å²) in [5.41, 5.74) is 0.732. The maximum Gasteiger partial charge on any atom is 0.321 e. The minimum atomic E-state index is -3.69. The summed E-state index contributed by atoms with van der Waals surface area (Å²) in [6.45, 7) is 3.26. The number of halogens is 1. The summed E-state index contributed by atoms with van der Waals surface area (Å²) in [7, 11) is -3.69. The van der Waals surface area contributed by atoms with E-state index in [1.807, 2.05) is 35.2 Å². The molecule has 31 heavy (non-hydrogen) atoms. The maximum absolute atomic E-state index is 13.0. The van der Waals surface area contributed by atoms with Crippen molar-refractivity contribution in [2.24, 2.45) is 0 Å². The molecule has 3 amide bonds. The third kappa shape index (κ3) is 5.62. The summed E-state index contributed by atoms with van der Waals surface area (Å²) in [6, 6.07) is 14.0. The highest BCUT2D eigenvalue weighted by Gasteiger charge is 2.35. The van der Waals surface area contributed by atoms with Crippen molar-refractivity contribution in [1.29, 1.82) is 0 Å². The highest BCUT2D eigenvalue weighted by atomic mass is 35.5. The zero-order valence-corrected chi connectivity index (χ0v) is 18.7. The van der Waals surface area contributed by atoms with Gasteiger partial charge in [0.2, 0.25) is 15.9 Å². The summed E-state index contributed by atoms with van der Waals surface area (Å²) < 4.78 is 27.3. The zero-order chi connectivity index (χ0) is 22.4. The van der Waals surface area contributed by atoms with E-state index in [-0.39, 0.29) is 18.0 Å². The average molecular weight is 465 g/mol. The molecule has 2 N–H and O–H groups in total. The smallest absolute Gasteiger partial charge is 0.321 e. The molecule has 1 aliphatic rings. The number of nitrogens with zero attached hydrogens (tertiary/aromatic N) is 2. The Labute approximate surface area is 187 Å². The SMILES string of the molecule is CCNC(=O)NC(=O)C(c1ccccc1)N1CCN(S(=O)(=O)c2cccc(Cl)c2)CC1. The largest absolute Gasteiger partial charge is 0.338 e. The van der Waals surface area contributed by atoms with Crippen LogP contribution in [-0.2, 0) is 14.8 Å². The molecule has 0 bridgehead atoms. The molecule has 1 unspecified atom stereocenters. The Morgan fingerprint density at radius 1 is 1.03 bits per heavy atom. The molecular formula is C21H25ClN4O4S. The van der Waals surface area contributed by atoms with Gasteiger partial charge in [0.1, 0.15) is 6.04 Å². The Kier molecular flexibility index (Phi) is 7.66. The molecule has 1 fully saturated rings. The lowest BCUT2D eigenvalue weighted by Gasteiger charge is -2.38. The van der Waals surface area contributed by atoms with Gasteiger partial charge >= 0.3 is 6.03 Å². The number of carbonyl (C=O) groups is 2. The molecule has 0 saturated carbocycles. The minimum absolute atomic E-state index is 0.141. The van der Waals surface area contributed by atoms with Gasteiger partial charge in [-0.1, -0.05) is 48.0 Å². The van der Waals surface area contributed by atoms with Crippen LogP contribution in [0.1, 0.15) is 18.5 Å². The van der Waals surface area contributed by atoms with Gasteiger partial charge in [0.25, 0.3) is 0 Å². The molecular weight excluding hydrogens is 440 g/mol. The van der Waals surface area contributed by atoms with Gasteiger partial charge < -0.3 is 5.32 Å². The van der Waals surface area contributed by atoms with Crippen molar-refractivity contribution in [2.75, 3.05) is 32.7 Å². The van der Waals surface area contributed by atoms with Gasteiger partial charge in [-0.3, -0.25) is 15.0 Å². The van der Waals surface area contributed by atoms with E-state index in [1.165, 1.54) is 16.4 Å². The van der Waals surface area contributed by atoms with Crippen molar-refractivity contribution in [3.8, 4) is 0 Å². The number of hydrogen-bond donors (Lipinski definition) is 2. The molecule has 1 atom stereocenters. The Hall–Kier alpha value is -2.46. The van der Waals surface area contributed by atoms with Crippen LogP contribution in [-0.4, -0.2) is 62.3 Å². The molecule has 166 valence electrons. The molecule has 0 aliphatic carbocycles. The van der Waals surface area contributed by atoms with Crippen LogP contribution in [0.4, 0.5) is 4.79 Å².